The number of amides is 1. The van der Waals surface area contributed by atoms with Gasteiger partial charge in [0.25, 0.3) is 0 Å². The van der Waals surface area contributed by atoms with Crippen molar-refractivity contribution in [3.8, 4) is 0 Å². The van der Waals surface area contributed by atoms with Crippen LogP contribution in [0.25, 0.3) is 0 Å². The molecule has 0 aromatic heterocycles. The number of nitrogens with one attached hydrogen (secondary N) is 1. The van der Waals surface area contributed by atoms with Gasteiger partial charge in [-0.2, -0.15) is 0 Å². The third-order valence-electron chi connectivity index (χ3n) is 1.81. The van der Waals surface area contributed by atoms with E-state index in [0.717, 1.165) is 13.2 Å². The summed E-state index contributed by atoms with van der Waals surface area (Å²) >= 11 is 0. The molecule has 3 N–H and O–H groups in total. The Balaban J connectivity index is 3.03. The molecule has 6 heteroatoms. The highest BCUT2D eigenvalue weighted by Gasteiger charge is 2.48. The standard InChI is InChI=1S/C7H9NO5/c1-13-6(12)7(3-9)4(10)2-5(11)8-7/h2,9-10H,3H2,1H3,(H,8,11). The summed E-state index contributed by atoms with van der Waals surface area (Å²) in [6.45, 7) is -0.742. The first kappa shape index (κ1) is 9.53. The Morgan fingerprint density at radius 3 is 2.69 bits per heavy atom. The fourth-order valence-electron chi connectivity index (χ4n) is 1.07. The minimum absolute atomic E-state index is 0.535. The molecule has 0 saturated carbocycles. The Labute approximate surface area is 73.8 Å². The Hall–Kier alpha value is -1.56. The van der Waals surface area contributed by atoms with Crippen molar-refractivity contribution < 1.29 is 24.5 Å². The van der Waals surface area contributed by atoms with Gasteiger partial charge in [0.2, 0.25) is 11.4 Å². The Bertz CT molecular complexity index is 285. The number of hydrogen-bond acceptors (Lipinski definition) is 5. The zero-order valence-corrected chi connectivity index (χ0v) is 6.90. The maximum atomic E-state index is 11.1. The van der Waals surface area contributed by atoms with E-state index in [9.17, 15) is 14.7 Å². The van der Waals surface area contributed by atoms with Crippen molar-refractivity contribution in [2.75, 3.05) is 13.7 Å². The van der Waals surface area contributed by atoms with Crippen molar-refractivity contribution >= 4 is 11.9 Å². The summed E-state index contributed by atoms with van der Waals surface area (Å²) in [5.74, 6) is -2.08. The third kappa shape index (κ3) is 1.25. The predicted molar refractivity (Wildman–Crippen MR) is 40.7 cm³/mol. The van der Waals surface area contributed by atoms with Gasteiger partial charge in [0.1, 0.15) is 5.76 Å². The highest BCUT2D eigenvalue weighted by molar-refractivity contribution is 6.00. The Kier molecular flexibility index (Phi) is 2.24. The number of methoxy groups -OCH3 is 1. The van der Waals surface area contributed by atoms with E-state index in [1.165, 1.54) is 0 Å². The van der Waals surface area contributed by atoms with Crippen LogP contribution in [0.1, 0.15) is 0 Å². The van der Waals surface area contributed by atoms with E-state index in [1.807, 2.05) is 0 Å². The molecule has 72 valence electrons. The van der Waals surface area contributed by atoms with Crippen molar-refractivity contribution in [3.63, 3.8) is 0 Å². The predicted octanol–water partition coefficient (Wildman–Crippen LogP) is -1.54. The van der Waals surface area contributed by atoms with Gasteiger partial charge in [-0.05, 0) is 0 Å². The molecular weight excluding hydrogens is 178 g/mol. The summed E-state index contributed by atoms with van der Waals surface area (Å²) in [5.41, 5.74) is -1.81. The second kappa shape index (κ2) is 3.06. The van der Waals surface area contributed by atoms with Crippen LogP contribution >= 0.6 is 0 Å². The fraction of sp³-hybridized carbons (Fsp3) is 0.429. The number of rotatable bonds is 2. The number of carbonyl (C=O) groups excluding carboxylic acids is 2. The summed E-state index contributed by atoms with van der Waals surface area (Å²) in [6, 6.07) is 0. The molecule has 6 nitrogen and oxygen atoms in total. The van der Waals surface area contributed by atoms with Crippen LogP contribution in [-0.2, 0) is 14.3 Å². The van der Waals surface area contributed by atoms with Crippen molar-refractivity contribution in [3.05, 3.63) is 11.8 Å². The van der Waals surface area contributed by atoms with E-state index < -0.39 is 29.8 Å². The van der Waals surface area contributed by atoms with Gasteiger partial charge in [-0.15, -0.1) is 0 Å². The first-order valence-corrected chi connectivity index (χ1v) is 3.49. The van der Waals surface area contributed by atoms with Crippen LogP contribution in [0.4, 0.5) is 0 Å². The molecule has 0 aromatic rings. The van der Waals surface area contributed by atoms with Crippen LogP contribution in [-0.4, -0.2) is 41.3 Å². The fourth-order valence-corrected chi connectivity index (χ4v) is 1.07. The maximum absolute atomic E-state index is 11.1. The lowest BCUT2D eigenvalue weighted by Crippen LogP contribution is -2.55. The topological polar surface area (TPSA) is 95.9 Å². The number of carbonyl (C=O) groups is 2. The molecule has 1 heterocycles. The van der Waals surface area contributed by atoms with Crippen LogP contribution in [0.3, 0.4) is 0 Å². The lowest BCUT2D eigenvalue weighted by atomic mass is 10.0. The van der Waals surface area contributed by atoms with Gasteiger partial charge < -0.3 is 20.3 Å². The molecule has 1 rings (SSSR count). The van der Waals surface area contributed by atoms with Crippen molar-refractivity contribution in [1.29, 1.82) is 0 Å². The van der Waals surface area contributed by atoms with Gasteiger partial charge in [0.15, 0.2) is 0 Å². The molecule has 0 aromatic carbocycles. The normalized spacial score (nSPS) is 26.6. The van der Waals surface area contributed by atoms with E-state index in [1.54, 1.807) is 0 Å². The molecule has 0 spiro atoms. The SMILES string of the molecule is COC(=O)C1(CO)NC(=O)C=C1O. The molecule has 1 unspecified atom stereocenters. The summed E-state index contributed by atoms with van der Waals surface area (Å²) in [7, 11) is 1.09. The highest BCUT2D eigenvalue weighted by Crippen LogP contribution is 2.20. The van der Waals surface area contributed by atoms with Crippen LogP contribution in [0.2, 0.25) is 0 Å². The number of ether oxygens (including phenoxy) is 1. The third-order valence-corrected chi connectivity index (χ3v) is 1.81. The average Bonchev–Trinajstić information content (AvgIpc) is 2.40. The Morgan fingerprint density at radius 1 is 1.77 bits per heavy atom. The molecule has 0 bridgehead atoms. The molecule has 0 aliphatic carbocycles. The first-order valence-electron chi connectivity index (χ1n) is 3.49. The van der Waals surface area contributed by atoms with E-state index >= 15 is 0 Å². The molecule has 0 radical (unpaired) electrons. The monoisotopic (exact) mass is 187 g/mol. The van der Waals surface area contributed by atoms with E-state index in [4.69, 9.17) is 5.11 Å². The smallest absolute Gasteiger partial charge is 0.342 e. The largest absolute Gasteiger partial charge is 0.509 e. The lowest BCUT2D eigenvalue weighted by Gasteiger charge is -2.23. The molecule has 1 aliphatic rings. The molecule has 0 saturated heterocycles. The minimum atomic E-state index is -1.81. The van der Waals surface area contributed by atoms with E-state index in [0.29, 0.717) is 0 Å². The molecular formula is C7H9NO5. The van der Waals surface area contributed by atoms with Crippen LogP contribution in [0.15, 0.2) is 11.8 Å². The summed E-state index contributed by atoms with van der Waals surface area (Å²) in [6.07, 6.45) is 0.827. The van der Waals surface area contributed by atoms with Crippen molar-refractivity contribution in [2.45, 2.75) is 5.54 Å². The maximum Gasteiger partial charge on any atom is 0.342 e. The zero-order valence-electron chi connectivity index (χ0n) is 6.90. The first-order chi connectivity index (χ1) is 6.06. The van der Waals surface area contributed by atoms with Gasteiger partial charge in [-0.3, -0.25) is 4.79 Å². The summed E-state index contributed by atoms with van der Waals surface area (Å²) in [5, 5.41) is 20.2. The van der Waals surface area contributed by atoms with Gasteiger partial charge in [-0.1, -0.05) is 0 Å². The van der Waals surface area contributed by atoms with Gasteiger partial charge >= 0.3 is 5.97 Å². The van der Waals surface area contributed by atoms with Crippen LogP contribution in [0, 0.1) is 0 Å². The quantitative estimate of drug-likeness (QED) is 0.455. The van der Waals surface area contributed by atoms with E-state index in [-0.39, 0.29) is 0 Å². The summed E-state index contributed by atoms with van der Waals surface area (Å²) in [4.78, 5) is 21.9. The second-order valence-electron chi connectivity index (χ2n) is 2.57. The molecule has 1 aliphatic heterocycles. The second-order valence-corrected chi connectivity index (χ2v) is 2.57. The van der Waals surface area contributed by atoms with Crippen molar-refractivity contribution in [2.24, 2.45) is 0 Å². The summed E-state index contributed by atoms with van der Waals surface area (Å²) < 4.78 is 4.33. The number of hydrogen-bond donors (Lipinski definition) is 3. The highest BCUT2D eigenvalue weighted by atomic mass is 16.5. The van der Waals surface area contributed by atoms with Gasteiger partial charge in [0.05, 0.1) is 13.7 Å². The van der Waals surface area contributed by atoms with E-state index in [2.05, 4.69) is 10.1 Å². The number of aliphatic hydroxyl groups excluding tert-OH is 2. The average molecular weight is 187 g/mol. The van der Waals surface area contributed by atoms with Crippen LogP contribution in [0.5, 0.6) is 0 Å². The Morgan fingerprint density at radius 2 is 2.38 bits per heavy atom. The number of esters is 1. The van der Waals surface area contributed by atoms with Gasteiger partial charge in [0, 0.05) is 6.08 Å². The minimum Gasteiger partial charge on any atom is -0.509 e. The zero-order chi connectivity index (χ0) is 10.1. The van der Waals surface area contributed by atoms with Crippen LogP contribution < -0.4 is 5.32 Å². The van der Waals surface area contributed by atoms with Gasteiger partial charge in [-0.25, -0.2) is 4.79 Å². The molecule has 1 amide bonds. The van der Waals surface area contributed by atoms with Crippen molar-refractivity contribution in [1.82, 2.24) is 5.32 Å². The number of aliphatic hydroxyl groups is 2. The molecule has 13 heavy (non-hydrogen) atoms. The lowest BCUT2D eigenvalue weighted by molar-refractivity contribution is -0.150. The molecule has 0 fully saturated rings. The molecule has 1 atom stereocenters.